The Hall–Kier alpha value is -1.56. The van der Waals surface area contributed by atoms with Gasteiger partial charge in [-0.1, -0.05) is 67.0 Å². The second kappa shape index (κ2) is 8.91. The predicted octanol–water partition coefficient (Wildman–Crippen LogP) is 4.42. The van der Waals surface area contributed by atoms with Gasteiger partial charge in [-0.25, -0.2) is 0 Å². The van der Waals surface area contributed by atoms with E-state index in [4.69, 9.17) is 12.2 Å². The molecule has 2 N–H and O–H groups in total. The third kappa shape index (κ3) is 5.23. The van der Waals surface area contributed by atoms with Gasteiger partial charge in [0.15, 0.2) is 5.72 Å². The highest BCUT2D eigenvalue weighted by atomic mass is 32.2. The van der Waals surface area contributed by atoms with E-state index in [0.717, 1.165) is 5.56 Å². The summed E-state index contributed by atoms with van der Waals surface area (Å²) in [5, 5.41) is 20.2. The molecule has 1 atom stereocenters. The SMILES string of the molecule is C=C(/C=C(\C)O)C1(O)CSC(=S)N1Cc1ccccc1.C=CC. The van der Waals surface area contributed by atoms with Crippen LogP contribution in [0.1, 0.15) is 19.4 Å². The molecule has 0 saturated carbocycles. The molecule has 0 radical (unpaired) electrons. The summed E-state index contributed by atoms with van der Waals surface area (Å²) in [5.41, 5.74) is 0.260. The third-order valence-corrected chi connectivity index (χ3v) is 4.73. The lowest BCUT2D eigenvalue weighted by Gasteiger charge is -2.34. The van der Waals surface area contributed by atoms with Crippen molar-refractivity contribution in [3.05, 3.63) is 72.5 Å². The number of hydrogen-bond donors (Lipinski definition) is 2. The number of rotatable bonds is 4. The number of thioether (sulfide) groups is 1. The molecule has 0 amide bonds. The molecule has 5 heteroatoms. The molecule has 0 aliphatic carbocycles. The Balaban J connectivity index is 0.000000816. The van der Waals surface area contributed by atoms with Crippen molar-refractivity contribution < 1.29 is 10.2 Å². The third-order valence-electron chi connectivity index (χ3n) is 3.14. The minimum Gasteiger partial charge on any atom is -0.513 e. The van der Waals surface area contributed by atoms with Crippen LogP contribution in [0.4, 0.5) is 0 Å². The Morgan fingerprint density at radius 2 is 2.00 bits per heavy atom. The molecule has 3 nitrogen and oxygen atoms in total. The van der Waals surface area contributed by atoms with Crippen LogP contribution in [-0.2, 0) is 6.54 Å². The first-order valence-corrected chi connectivity index (χ1v) is 8.59. The van der Waals surface area contributed by atoms with Gasteiger partial charge in [-0.15, -0.1) is 6.58 Å². The molecule has 0 spiro atoms. The van der Waals surface area contributed by atoms with Gasteiger partial charge in [0.2, 0.25) is 0 Å². The van der Waals surface area contributed by atoms with Gasteiger partial charge in [0.1, 0.15) is 4.32 Å². The van der Waals surface area contributed by atoms with Crippen LogP contribution >= 0.6 is 24.0 Å². The number of aliphatic hydroxyl groups is 2. The highest BCUT2D eigenvalue weighted by Gasteiger charge is 2.44. The number of allylic oxidation sites excluding steroid dienone is 2. The molecule has 23 heavy (non-hydrogen) atoms. The van der Waals surface area contributed by atoms with Gasteiger partial charge < -0.3 is 15.1 Å². The van der Waals surface area contributed by atoms with E-state index < -0.39 is 5.72 Å². The van der Waals surface area contributed by atoms with Gasteiger partial charge in [-0.2, -0.15) is 0 Å². The quantitative estimate of drug-likeness (QED) is 0.365. The standard InChI is InChI=1S/C15H17NO2S2.C3H6/c1-11(8-12(2)17)15(18)10-20-14(19)16(15)9-13-6-4-3-5-7-13;1-3-2/h3-8,17-18H,1,9-10H2,2H3;3H,1H2,2H3/b12-8+;. The van der Waals surface area contributed by atoms with E-state index in [2.05, 4.69) is 13.2 Å². The highest BCUT2D eigenvalue weighted by molar-refractivity contribution is 8.23. The van der Waals surface area contributed by atoms with E-state index in [0.29, 0.717) is 22.2 Å². The maximum Gasteiger partial charge on any atom is 0.174 e. The number of aliphatic hydroxyl groups excluding tert-OH is 1. The number of benzene rings is 1. The maximum absolute atomic E-state index is 10.9. The van der Waals surface area contributed by atoms with Gasteiger partial charge in [0.25, 0.3) is 0 Å². The van der Waals surface area contributed by atoms with Crippen molar-refractivity contribution in [3.8, 4) is 0 Å². The largest absolute Gasteiger partial charge is 0.513 e. The molecule has 1 unspecified atom stereocenters. The van der Waals surface area contributed by atoms with Gasteiger partial charge >= 0.3 is 0 Å². The zero-order valence-electron chi connectivity index (χ0n) is 13.5. The molecule has 2 rings (SSSR count). The van der Waals surface area contributed by atoms with E-state index >= 15 is 0 Å². The lowest BCUT2D eigenvalue weighted by molar-refractivity contribution is -0.00692. The summed E-state index contributed by atoms with van der Waals surface area (Å²) < 4.78 is 0.640. The molecule has 0 bridgehead atoms. The Morgan fingerprint density at radius 1 is 1.43 bits per heavy atom. The van der Waals surface area contributed by atoms with Crippen LogP contribution in [0.5, 0.6) is 0 Å². The Morgan fingerprint density at radius 3 is 2.52 bits per heavy atom. The monoisotopic (exact) mass is 349 g/mol. The van der Waals surface area contributed by atoms with Crippen molar-refractivity contribution in [2.75, 3.05) is 5.75 Å². The van der Waals surface area contributed by atoms with Gasteiger partial charge in [-0.3, -0.25) is 0 Å². The van der Waals surface area contributed by atoms with Crippen molar-refractivity contribution in [2.45, 2.75) is 26.1 Å². The van der Waals surface area contributed by atoms with E-state index in [9.17, 15) is 10.2 Å². The van der Waals surface area contributed by atoms with Gasteiger partial charge in [-0.05, 0) is 25.5 Å². The van der Waals surface area contributed by atoms with Crippen LogP contribution in [0, 0.1) is 0 Å². The Labute approximate surface area is 148 Å². The van der Waals surface area contributed by atoms with Crippen molar-refractivity contribution in [3.63, 3.8) is 0 Å². The summed E-state index contributed by atoms with van der Waals surface area (Å²) in [6.07, 6.45) is 3.23. The van der Waals surface area contributed by atoms with E-state index in [1.165, 1.54) is 17.8 Å². The number of hydrogen-bond acceptors (Lipinski definition) is 4. The van der Waals surface area contributed by atoms with E-state index in [1.54, 1.807) is 17.9 Å². The molecule has 124 valence electrons. The minimum atomic E-state index is -1.25. The fourth-order valence-corrected chi connectivity index (χ4v) is 3.49. The molecule has 1 heterocycles. The molecule has 1 aliphatic rings. The molecule has 1 aliphatic heterocycles. The van der Waals surface area contributed by atoms with Crippen molar-refractivity contribution in [2.24, 2.45) is 0 Å². The Bertz CT molecular complexity index is 594. The molecule has 1 aromatic rings. The topological polar surface area (TPSA) is 43.7 Å². The number of nitrogens with zero attached hydrogens (tertiary/aromatic N) is 1. The number of thiocarbonyl (C=S) groups is 1. The lowest BCUT2D eigenvalue weighted by Crippen LogP contribution is -2.47. The van der Waals surface area contributed by atoms with E-state index in [1.807, 2.05) is 37.3 Å². The molecule has 1 fully saturated rings. The van der Waals surface area contributed by atoms with Crippen molar-refractivity contribution in [1.29, 1.82) is 0 Å². The molecule has 1 aromatic carbocycles. The first kappa shape index (κ1) is 19.5. The summed E-state index contributed by atoms with van der Waals surface area (Å²) in [4.78, 5) is 1.75. The first-order chi connectivity index (χ1) is 10.8. The first-order valence-electron chi connectivity index (χ1n) is 7.19. The highest BCUT2D eigenvalue weighted by Crippen LogP contribution is 2.37. The fraction of sp³-hybridized carbons (Fsp3) is 0.278. The Kier molecular flexibility index (Phi) is 7.55. The average Bonchev–Trinajstić information content (AvgIpc) is 2.78. The predicted molar refractivity (Wildman–Crippen MR) is 103 cm³/mol. The van der Waals surface area contributed by atoms with Crippen LogP contribution < -0.4 is 0 Å². The van der Waals surface area contributed by atoms with Gasteiger partial charge in [0, 0.05) is 12.1 Å². The zero-order chi connectivity index (χ0) is 17.5. The molecular weight excluding hydrogens is 326 g/mol. The summed E-state index contributed by atoms with van der Waals surface area (Å²) >= 11 is 6.75. The molecular formula is C18H23NO2S2. The van der Waals surface area contributed by atoms with Crippen LogP contribution in [0.15, 0.2) is 67.0 Å². The van der Waals surface area contributed by atoms with Crippen LogP contribution in [-0.4, -0.2) is 30.9 Å². The lowest BCUT2D eigenvalue weighted by atomic mass is 10.0. The molecule has 0 aromatic heterocycles. The average molecular weight is 350 g/mol. The van der Waals surface area contributed by atoms with Crippen LogP contribution in [0.3, 0.4) is 0 Å². The zero-order valence-corrected chi connectivity index (χ0v) is 15.2. The van der Waals surface area contributed by atoms with E-state index in [-0.39, 0.29) is 5.76 Å². The normalized spacial score (nSPS) is 20.7. The summed E-state index contributed by atoms with van der Waals surface area (Å²) in [7, 11) is 0. The summed E-state index contributed by atoms with van der Waals surface area (Å²) in [6.45, 7) is 11.2. The summed E-state index contributed by atoms with van der Waals surface area (Å²) in [5.74, 6) is 0.535. The maximum atomic E-state index is 10.9. The fourth-order valence-electron chi connectivity index (χ4n) is 2.06. The minimum absolute atomic E-state index is 0.117. The smallest absolute Gasteiger partial charge is 0.174 e. The van der Waals surface area contributed by atoms with Crippen molar-refractivity contribution >= 4 is 28.3 Å². The second-order valence-electron chi connectivity index (χ2n) is 5.16. The molecule has 1 saturated heterocycles. The summed E-state index contributed by atoms with van der Waals surface area (Å²) in [6, 6.07) is 9.83. The second-order valence-corrected chi connectivity index (χ2v) is 6.77. The van der Waals surface area contributed by atoms with Crippen LogP contribution in [0.2, 0.25) is 0 Å². The van der Waals surface area contributed by atoms with Gasteiger partial charge in [0.05, 0.1) is 11.5 Å². The van der Waals surface area contributed by atoms with Crippen LogP contribution in [0.25, 0.3) is 0 Å². The van der Waals surface area contributed by atoms with Crippen molar-refractivity contribution in [1.82, 2.24) is 4.90 Å².